The molecule has 0 bridgehead atoms. The Kier molecular flexibility index (Phi) is 6.46. The maximum atomic E-state index is 9.47. The molecule has 0 saturated heterocycles. The van der Waals surface area contributed by atoms with Crippen molar-refractivity contribution in [2.45, 2.75) is 77.2 Å². The first kappa shape index (κ1) is 17.5. The molecule has 124 valence electrons. The van der Waals surface area contributed by atoms with E-state index in [1.807, 2.05) is 6.92 Å². The highest BCUT2D eigenvalue weighted by Gasteiger charge is 2.34. The van der Waals surface area contributed by atoms with E-state index in [1.165, 1.54) is 61.6 Å². The van der Waals surface area contributed by atoms with Crippen LogP contribution in [0.5, 0.6) is 0 Å². The van der Waals surface area contributed by atoms with Gasteiger partial charge in [-0.2, -0.15) is 0 Å². The highest BCUT2D eigenvalue weighted by Crippen LogP contribution is 2.33. The van der Waals surface area contributed by atoms with Crippen molar-refractivity contribution in [3.05, 3.63) is 34.9 Å². The number of hydrogen-bond acceptors (Lipinski definition) is 2. The molecule has 2 heteroatoms. The van der Waals surface area contributed by atoms with Crippen LogP contribution in [0.25, 0.3) is 0 Å². The second-order valence-corrected chi connectivity index (χ2v) is 7.39. The van der Waals surface area contributed by atoms with Crippen LogP contribution in [0.1, 0.15) is 69.1 Å². The molecule has 1 aliphatic rings. The molecule has 0 spiro atoms. The van der Waals surface area contributed by atoms with Gasteiger partial charge in [-0.3, -0.25) is 0 Å². The molecule has 0 radical (unpaired) electrons. The van der Waals surface area contributed by atoms with Gasteiger partial charge in [0.15, 0.2) is 0 Å². The summed E-state index contributed by atoms with van der Waals surface area (Å²) in [6.45, 7) is 4.30. The van der Waals surface area contributed by atoms with E-state index in [-0.39, 0.29) is 6.61 Å². The Morgan fingerprint density at radius 3 is 2.50 bits per heavy atom. The zero-order valence-corrected chi connectivity index (χ0v) is 14.4. The minimum absolute atomic E-state index is 0.0657. The fraction of sp³-hybridized carbons (Fsp3) is 0.700. The van der Waals surface area contributed by atoms with Crippen molar-refractivity contribution < 1.29 is 5.11 Å². The van der Waals surface area contributed by atoms with Crippen molar-refractivity contribution in [3.8, 4) is 0 Å². The molecule has 0 fully saturated rings. The van der Waals surface area contributed by atoms with Gasteiger partial charge in [0.2, 0.25) is 0 Å². The summed E-state index contributed by atoms with van der Waals surface area (Å²) >= 11 is 0. The minimum atomic E-state index is -0.460. The number of aliphatic hydroxyl groups excluding tert-OH is 1. The molecule has 2 rings (SSSR count). The largest absolute Gasteiger partial charge is 0.394 e. The first-order chi connectivity index (χ1) is 10.6. The Morgan fingerprint density at radius 2 is 1.77 bits per heavy atom. The van der Waals surface area contributed by atoms with Gasteiger partial charge in [0.25, 0.3) is 0 Å². The number of benzene rings is 1. The average Bonchev–Trinajstić information content (AvgIpc) is 2.95. The Morgan fingerprint density at radius 1 is 1.09 bits per heavy atom. The molecule has 0 aliphatic heterocycles. The van der Waals surface area contributed by atoms with Gasteiger partial charge in [-0.05, 0) is 55.2 Å². The van der Waals surface area contributed by atoms with Crippen LogP contribution in [0.2, 0.25) is 0 Å². The molecule has 0 heterocycles. The molecule has 0 unspecified atom stereocenters. The molecule has 0 aromatic heterocycles. The third-order valence-corrected chi connectivity index (χ3v) is 5.30. The number of unbranched alkanes of at least 4 members (excludes halogenated alkanes) is 5. The molecule has 1 aromatic rings. The van der Waals surface area contributed by atoms with Crippen LogP contribution < -0.4 is 5.73 Å². The van der Waals surface area contributed by atoms with E-state index in [1.54, 1.807) is 0 Å². The molecule has 1 aromatic carbocycles. The number of aliphatic hydroxyl groups is 1. The molecule has 1 aliphatic carbocycles. The third kappa shape index (κ3) is 4.57. The van der Waals surface area contributed by atoms with E-state index in [2.05, 4.69) is 25.1 Å². The van der Waals surface area contributed by atoms with Crippen molar-refractivity contribution in [2.75, 3.05) is 6.61 Å². The van der Waals surface area contributed by atoms with Gasteiger partial charge in [-0.25, -0.2) is 0 Å². The minimum Gasteiger partial charge on any atom is -0.394 e. The van der Waals surface area contributed by atoms with Gasteiger partial charge >= 0.3 is 0 Å². The molecular formula is C20H33NO. The van der Waals surface area contributed by atoms with Crippen LogP contribution in [0, 0.1) is 5.92 Å². The fourth-order valence-corrected chi connectivity index (χ4v) is 3.53. The van der Waals surface area contributed by atoms with Crippen molar-refractivity contribution in [1.82, 2.24) is 0 Å². The summed E-state index contributed by atoms with van der Waals surface area (Å²) in [5.74, 6) is 0.372. The predicted octanol–water partition coefficient (Wildman–Crippen LogP) is 4.01. The summed E-state index contributed by atoms with van der Waals surface area (Å²) in [6.07, 6.45) is 11.4. The fourth-order valence-electron chi connectivity index (χ4n) is 3.53. The lowest BCUT2D eigenvalue weighted by Gasteiger charge is -2.29. The first-order valence-corrected chi connectivity index (χ1v) is 9.07. The van der Waals surface area contributed by atoms with Gasteiger partial charge in [-0.15, -0.1) is 0 Å². The highest BCUT2D eigenvalue weighted by molar-refractivity contribution is 5.37. The zero-order chi connectivity index (χ0) is 16.0. The van der Waals surface area contributed by atoms with Gasteiger partial charge in [0.1, 0.15) is 0 Å². The van der Waals surface area contributed by atoms with Crippen molar-refractivity contribution in [2.24, 2.45) is 11.7 Å². The van der Waals surface area contributed by atoms with Gasteiger partial charge < -0.3 is 10.8 Å². The Balaban J connectivity index is 1.83. The summed E-state index contributed by atoms with van der Waals surface area (Å²) in [6, 6.07) is 6.96. The highest BCUT2D eigenvalue weighted by atomic mass is 16.3. The Labute approximate surface area is 136 Å². The van der Waals surface area contributed by atoms with Crippen molar-refractivity contribution >= 4 is 0 Å². The molecule has 2 nitrogen and oxygen atoms in total. The lowest BCUT2D eigenvalue weighted by Crippen LogP contribution is -2.48. The molecule has 3 N–H and O–H groups in total. The lowest BCUT2D eigenvalue weighted by atomic mass is 9.85. The number of nitrogens with two attached hydrogens (primary N) is 1. The Hall–Kier alpha value is -0.860. The van der Waals surface area contributed by atoms with E-state index in [9.17, 15) is 5.11 Å². The first-order valence-electron chi connectivity index (χ1n) is 9.07. The number of fused-ring (bicyclic) bond motifs is 1. The summed E-state index contributed by atoms with van der Waals surface area (Å²) in [4.78, 5) is 0. The molecule has 22 heavy (non-hydrogen) atoms. The summed E-state index contributed by atoms with van der Waals surface area (Å²) in [5.41, 5.74) is 10.1. The summed E-state index contributed by atoms with van der Waals surface area (Å²) < 4.78 is 0. The average molecular weight is 303 g/mol. The smallest absolute Gasteiger partial charge is 0.0611 e. The molecular weight excluding hydrogens is 270 g/mol. The Bertz CT molecular complexity index is 467. The van der Waals surface area contributed by atoms with Crippen LogP contribution >= 0.6 is 0 Å². The summed E-state index contributed by atoms with van der Waals surface area (Å²) in [5, 5.41) is 9.47. The summed E-state index contributed by atoms with van der Waals surface area (Å²) in [7, 11) is 0. The monoisotopic (exact) mass is 303 g/mol. The van der Waals surface area contributed by atoms with Crippen LogP contribution in [0.15, 0.2) is 18.2 Å². The zero-order valence-electron chi connectivity index (χ0n) is 14.4. The van der Waals surface area contributed by atoms with Crippen LogP contribution in [-0.2, 0) is 19.3 Å². The number of hydrogen-bond donors (Lipinski definition) is 2. The normalized spacial score (nSPS) is 19.9. The lowest BCUT2D eigenvalue weighted by molar-refractivity contribution is 0.158. The van der Waals surface area contributed by atoms with E-state index in [4.69, 9.17) is 5.73 Å². The number of aryl methyl sites for hydroxylation is 1. The van der Waals surface area contributed by atoms with Gasteiger partial charge in [-0.1, -0.05) is 57.2 Å². The topological polar surface area (TPSA) is 46.2 Å². The van der Waals surface area contributed by atoms with Crippen LogP contribution in [-0.4, -0.2) is 17.3 Å². The quantitative estimate of drug-likeness (QED) is 0.677. The second kappa shape index (κ2) is 8.12. The maximum Gasteiger partial charge on any atom is 0.0611 e. The molecule has 0 saturated carbocycles. The van der Waals surface area contributed by atoms with Crippen molar-refractivity contribution in [3.63, 3.8) is 0 Å². The standard InChI is InChI=1S/C20H33NO/c1-3-4-5-6-7-8-9-16-10-11-17-13-19(14-18(17)12-16)20(2,21)15-22/h10-12,19,22H,3-9,13-15,21H2,1-2H3/t19-,20+/m0/s1. The SMILES string of the molecule is CCCCCCCCc1ccc2c(c1)C[C@@H]([C@](C)(N)CO)C2. The van der Waals surface area contributed by atoms with E-state index >= 15 is 0 Å². The molecule has 0 amide bonds. The molecule has 2 atom stereocenters. The number of rotatable bonds is 9. The van der Waals surface area contributed by atoms with Crippen molar-refractivity contribution in [1.29, 1.82) is 0 Å². The van der Waals surface area contributed by atoms with Crippen LogP contribution in [0.4, 0.5) is 0 Å². The maximum absolute atomic E-state index is 9.47. The third-order valence-electron chi connectivity index (χ3n) is 5.30. The van der Waals surface area contributed by atoms with Gasteiger partial charge in [0.05, 0.1) is 6.61 Å². The van der Waals surface area contributed by atoms with E-state index in [0.717, 1.165) is 12.8 Å². The predicted molar refractivity (Wildman–Crippen MR) is 94.1 cm³/mol. The van der Waals surface area contributed by atoms with E-state index in [0.29, 0.717) is 5.92 Å². The van der Waals surface area contributed by atoms with Crippen LogP contribution in [0.3, 0.4) is 0 Å². The van der Waals surface area contributed by atoms with E-state index < -0.39 is 5.54 Å². The van der Waals surface area contributed by atoms with Gasteiger partial charge in [0, 0.05) is 5.54 Å². The second-order valence-electron chi connectivity index (χ2n) is 7.39.